The van der Waals surface area contributed by atoms with Gasteiger partial charge in [-0.1, -0.05) is 32.1 Å². The van der Waals surface area contributed by atoms with E-state index in [1.807, 2.05) is 26.0 Å². The number of nitrogen functional groups attached to an aromatic ring is 1. The number of aromatic nitrogens is 3. The van der Waals surface area contributed by atoms with Crippen LogP contribution in [0.1, 0.15) is 26.5 Å². The largest absolute Gasteiger partial charge is 0.374 e. The minimum atomic E-state index is 0.486. The zero-order valence-corrected chi connectivity index (χ0v) is 10.6. The molecule has 2 aromatic heterocycles. The number of nitrogens with zero attached hydrogens (tertiary/aromatic N) is 3. The van der Waals surface area contributed by atoms with Gasteiger partial charge < -0.3 is 5.73 Å². The number of hydrogen-bond acceptors (Lipinski definition) is 5. The smallest absolute Gasteiger partial charge is 0.203 e. The molecule has 0 saturated carbocycles. The quantitative estimate of drug-likeness (QED) is 0.870. The second kappa shape index (κ2) is 6.17. The highest BCUT2D eigenvalue weighted by molar-refractivity contribution is 7.18. The fraction of sp³-hybridized carbons (Fsp3) is 0.364. The van der Waals surface area contributed by atoms with Crippen molar-refractivity contribution in [3.63, 3.8) is 0 Å². The van der Waals surface area contributed by atoms with Gasteiger partial charge in [-0.3, -0.25) is 4.98 Å². The second-order valence-electron chi connectivity index (χ2n) is 2.84. The standard InChI is InChI=1S/C9H10N4S.C2H6/c1-2-7-4-3-6(5-11-7)8-12-13-9(10)14-8;1-2/h3-5H,2H2,1H3,(H2,10,13);1-2H3. The predicted octanol–water partition coefficient (Wildman–Crippen LogP) is 2.77. The Hall–Kier alpha value is -1.49. The van der Waals surface area contributed by atoms with Crippen LogP contribution in [0, 0.1) is 0 Å². The Balaban J connectivity index is 0.000000606. The summed E-state index contributed by atoms with van der Waals surface area (Å²) in [4.78, 5) is 4.28. The van der Waals surface area contributed by atoms with Crippen molar-refractivity contribution in [1.29, 1.82) is 0 Å². The van der Waals surface area contributed by atoms with Crippen molar-refractivity contribution < 1.29 is 0 Å². The van der Waals surface area contributed by atoms with E-state index < -0.39 is 0 Å². The summed E-state index contributed by atoms with van der Waals surface area (Å²) in [6.07, 6.45) is 2.75. The molecule has 0 saturated heterocycles. The summed E-state index contributed by atoms with van der Waals surface area (Å²) in [5.41, 5.74) is 7.54. The van der Waals surface area contributed by atoms with Crippen LogP contribution in [0.4, 0.5) is 5.13 Å². The highest BCUT2D eigenvalue weighted by Gasteiger charge is 2.04. The molecule has 2 heterocycles. The van der Waals surface area contributed by atoms with Gasteiger partial charge in [0.05, 0.1) is 0 Å². The summed E-state index contributed by atoms with van der Waals surface area (Å²) in [5, 5.41) is 9.00. The number of hydrogen-bond donors (Lipinski definition) is 1. The first-order chi connectivity index (χ1) is 7.79. The molecule has 5 heteroatoms. The van der Waals surface area contributed by atoms with Gasteiger partial charge in [-0.25, -0.2) is 0 Å². The fourth-order valence-electron chi connectivity index (χ4n) is 1.11. The third-order valence-electron chi connectivity index (χ3n) is 1.87. The van der Waals surface area contributed by atoms with Gasteiger partial charge in [0.2, 0.25) is 5.13 Å². The Kier molecular flexibility index (Phi) is 4.85. The molecular formula is C11H16N4S. The van der Waals surface area contributed by atoms with Gasteiger partial charge in [0.25, 0.3) is 0 Å². The van der Waals surface area contributed by atoms with Gasteiger partial charge in [0.15, 0.2) is 5.01 Å². The zero-order valence-electron chi connectivity index (χ0n) is 9.77. The molecule has 0 aromatic carbocycles. The third kappa shape index (κ3) is 3.00. The molecule has 0 fully saturated rings. The van der Waals surface area contributed by atoms with Gasteiger partial charge in [0.1, 0.15) is 0 Å². The van der Waals surface area contributed by atoms with E-state index in [-0.39, 0.29) is 0 Å². The Morgan fingerprint density at radius 1 is 1.25 bits per heavy atom. The predicted molar refractivity (Wildman–Crippen MR) is 68.3 cm³/mol. The van der Waals surface area contributed by atoms with Crippen LogP contribution in [0.5, 0.6) is 0 Å². The molecule has 0 amide bonds. The maximum absolute atomic E-state index is 5.50. The number of pyridine rings is 1. The van der Waals surface area contributed by atoms with E-state index in [0.717, 1.165) is 22.7 Å². The summed E-state index contributed by atoms with van der Waals surface area (Å²) in [6, 6.07) is 3.98. The highest BCUT2D eigenvalue weighted by Crippen LogP contribution is 2.23. The van der Waals surface area contributed by atoms with Gasteiger partial charge >= 0.3 is 0 Å². The van der Waals surface area contributed by atoms with Crippen molar-refractivity contribution in [2.45, 2.75) is 27.2 Å². The Morgan fingerprint density at radius 3 is 2.44 bits per heavy atom. The zero-order chi connectivity index (χ0) is 12.0. The van der Waals surface area contributed by atoms with Crippen LogP contribution >= 0.6 is 11.3 Å². The van der Waals surface area contributed by atoms with E-state index in [1.54, 1.807) is 6.20 Å². The van der Waals surface area contributed by atoms with E-state index in [4.69, 9.17) is 5.73 Å². The monoisotopic (exact) mass is 236 g/mol. The van der Waals surface area contributed by atoms with Gasteiger partial charge in [-0.05, 0) is 18.6 Å². The molecule has 2 rings (SSSR count). The van der Waals surface area contributed by atoms with Gasteiger partial charge in [-0.2, -0.15) is 0 Å². The lowest BCUT2D eigenvalue weighted by Crippen LogP contribution is -1.86. The first-order valence-corrected chi connectivity index (χ1v) is 6.15. The number of anilines is 1. The van der Waals surface area contributed by atoms with E-state index in [9.17, 15) is 0 Å². The van der Waals surface area contributed by atoms with Crippen LogP contribution in [-0.2, 0) is 6.42 Å². The molecule has 0 aliphatic heterocycles. The lowest BCUT2D eigenvalue weighted by Gasteiger charge is -1.96. The molecule has 0 aliphatic carbocycles. The molecule has 4 nitrogen and oxygen atoms in total. The van der Waals surface area contributed by atoms with Crippen molar-refractivity contribution >= 4 is 16.5 Å². The van der Waals surface area contributed by atoms with E-state index >= 15 is 0 Å². The lowest BCUT2D eigenvalue weighted by atomic mass is 10.2. The highest BCUT2D eigenvalue weighted by atomic mass is 32.1. The summed E-state index contributed by atoms with van der Waals surface area (Å²) in [7, 11) is 0. The SMILES string of the molecule is CC.CCc1ccc(-c2nnc(N)s2)cn1. The first kappa shape index (κ1) is 12.6. The molecule has 0 atom stereocenters. The van der Waals surface area contributed by atoms with Crippen molar-refractivity contribution in [1.82, 2.24) is 15.2 Å². The molecule has 0 bridgehead atoms. The Morgan fingerprint density at radius 2 is 2.00 bits per heavy atom. The molecular weight excluding hydrogens is 220 g/mol. The Bertz CT molecular complexity index is 422. The van der Waals surface area contributed by atoms with Crippen LogP contribution in [0.2, 0.25) is 0 Å². The van der Waals surface area contributed by atoms with E-state index in [1.165, 1.54) is 11.3 Å². The Labute approximate surface area is 99.6 Å². The molecule has 2 N–H and O–H groups in total. The van der Waals surface area contributed by atoms with Crippen LogP contribution in [0.25, 0.3) is 10.6 Å². The van der Waals surface area contributed by atoms with Crippen LogP contribution < -0.4 is 5.73 Å². The molecule has 0 spiro atoms. The second-order valence-corrected chi connectivity index (χ2v) is 3.85. The van der Waals surface area contributed by atoms with Crippen LogP contribution in [0.15, 0.2) is 18.3 Å². The van der Waals surface area contributed by atoms with Crippen molar-refractivity contribution in [3.8, 4) is 10.6 Å². The first-order valence-electron chi connectivity index (χ1n) is 5.34. The molecule has 16 heavy (non-hydrogen) atoms. The summed E-state index contributed by atoms with van der Waals surface area (Å²) in [6.45, 7) is 6.07. The fourth-order valence-corrected chi connectivity index (χ4v) is 1.71. The van der Waals surface area contributed by atoms with Crippen molar-refractivity contribution in [2.75, 3.05) is 5.73 Å². The maximum Gasteiger partial charge on any atom is 0.203 e. The average Bonchev–Trinajstić information content (AvgIpc) is 2.79. The van der Waals surface area contributed by atoms with E-state index in [0.29, 0.717) is 5.13 Å². The normalized spacial score (nSPS) is 9.44. The summed E-state index contributed by atoms with van der Waals surface area (Å²) < 4.78 is 0. The topological polar surface area (TPSA) is 64.7 Å². The summed E-state index contributed by atoms with van der Waals surface area (Å²) in [5.74, 6) is 0. The summed E-state index contributed by atoms with van der Waals surface area (Å²) >= 11 is 1.37. The van der Waals surface area contributed by atoms with Crippen molar-refractivity contribution in [2.24, 2.45) is 0 Å². The molecule has 0 unspecified atom stereocenters. The molecule has 0 aliphatic rings. The molecule has 2 aromatic rings. The van der Waals surface area contributed by atoms with Gasteiger partial charge in [0, 0.05) is 17.5 Å². The number of aryl methyl sites for hydroxylation is 1. The number of rotatable bonds is 2. The molecule has 86 valence electrons. The van der Waals surface area contributed by atoms with Crippen LogP contribution in [0.3, 0.4) is 0 Å². The number of nitrogens with two attached hydrogens (primary N) is 1. The maximum atomic E-state index is 5.50. The van der Waals surface area contributed by atoms with Crippen molar-refractivity contribution in [3.05, 3.63) is 24.0 Å². The average molecular weight is 236 g/mol. The van der Waals surface area contributed by atoms with Gasteiger partial charge in [-0.15, -0.1) is 10.2 Å². The van der Waals surface area contributed by atoms with Crippen LogP contribution in [-0.4, -0.2) is 15.2 Å². The van der Waals surface area contributed by atoms with E-state index in [2.05, 4.69) is 22.1 Å². The lowest BCUT2D eigenvalue weighted by molar-refractivity contribution is 1.03. The molecule has 0 radical (unpaired) electrons. The minimum absolute atomic E-state index is 0.486. The third-order valence-corrected chi connectivity index (χ3v) is 2.68. The minimum Gasteiger partial charge on any atom is -0.374 e.